The van der Waals surface area contributed by atoms with Crippen LogP contribution < -0.4 is 16.4 Å². The van der Waals surface area contributed by atoms with Crippen LogP contribution in [0.1, 0.15) is 29.6 Å². The Bertz CT molecular complexity index is 488. The highest BCUT2D eigenvalue weighted by Gasteiger charge is 2.31. The molecule has 1 saturated carbocycles. The highest BCUT2D eigenvalue weighted by atomic mass is 35.5. The van der Waals surface area contributed by atoms with E-state index in [4.69, 9.17) is 5.73 Å². The average Bonchev–Trinajstić information content (AvgIpc) is 3.00. The van der Waals surface area contributed by atoms with Crippen molar-refractivity contribution < 1.29 is 9.59 Å². The van der Waals surface area contributed by atoms with Gasteiger partial charge in [-0.05, 0) is 37.4 Å². The summed E-state index contributed by atoms with van der Waals surface area (Å²) in [4.78, 5) is 27.7. The van der Waals surface area contributed by atoms with Crippen LogP contribution in [0.3, 0.4) is 0 Å². The summed E-state index contributed by atoms with van der Waals surface area (Å²) in [7, 11) is 0. The van der Waals surface area contributed by atoms with Gasteiger partial charge in [-0.1, -0.05) is 6.42 Å². The Morgan fingerprint density at radius 3 is 2.61 bits per heavy atom. The van der Waals surface area contributed by atoms with Crippen molar-refractivity contribution in [2.24, 2.45) is 17.6 Å². The van der Waals surface area contributed by atoms with Crippen molar-refractivity contribution in [3.8, 4) is 0 Å². The Hall–Kier alpha value is -1.37. The van der Waals surface area contributed by atoms with Crippen LogP contribution in [0.15, 0.2) is 24.5 Å². The molecule has 1 fully saturated rings. The number of halogens is 2. The number of nitrogens with one attached hydrogen (secondary N) is 2. The number of rotatable bonds is 6. The number of amides is 2. The molecule has 0 bridgehead atoms. The summed E-state index contributed by atoms with van der Waals surface area (Å²) in [5.41, 5.74) is 6.19. The van der Waals surface area contributed by atoms with Crippen LogP contribution in [0.4, 0.5) is 0 Å². The minimum absolute atomic E-state index is 0. The number of hydrogen-bond donors (Lipinski definition) is 3. The number of nitrogens with two attached hydrogens (primary N) is 1. The third-order valence-electron chi connectivity index (χ3n) is 3.93. The van der Waals surface area contributed by atoms with Gasteiger partial charge in [-0.15, -0.1) is 24.8 Å². The fourth-order valence-corrected chi connectivity index (χ4v) is 2.76. The molecule has 0 saturated heterocycles. The Balaban J connectivity index is 0.00000242. The number of carbonyl (C=O) groups is 2. The van der Waals surface area contributed by atoms with Gasteiger partial charge in [0, 0.05) is 31.4 Å². The summed E-state index contributed by atoms with van der Waals surface area (Å²) in [5, 5.41) is 5.62. The van der Waals surface area contributed by atoms with E-state index in [2.05, 4.69) is 15.6 Å². The zero-order valence-electron chi connectivity index (χ0n) is 12.9. The number of carbonyl (C=O) groups excluding carboxylic acids is 2. The second-order valence-corrected chi connectivity index (χ2v) is 5.32. The van der Waals surface area contributed by atoms with Crippen LogP contribution in [0.25, 0.3) is 0 Å². The second kappa shape index (κ2) is 11.2. The van der Waals surface area contributed by atoms with Gasteiger partial charge in [0.2, 0.25) is 5.91 Å². The molecule has 2 rings (SSSR count). The fraction of sp³-hybridized carbons (Fsp3) is 0.533. The molecule has 1 aromatic rings. The molecule has 8 heteroatoms. The molecule has 23 heavy (non-hydrogen) atoms. The molecule has 130 valence electrons. The van der Waals surface area contributed by atoms with Crippen LogP contribution in [0.2, 0.25) is 0 Å². The molecule has 1 aliphatic carbocycles. The summed E-state index contributed by atoms with van der Waals surface area (Å²) in [5.74, 6) is 0.204. The lowest BCUT2D eigenvalue weighted by atomic mass is 9.95. The zero-order chi connectivity index (χ0) is 15.1. The average molecular weight is 363 g/mol. The van der Waals surface area contributed by atoms with E-state index in [0.717, 1.165) is 19.3 Å². The maximum atomic E-state index is 12.0. The summed E-state index contributed by atoms with van der Waals surface area (Å²) >= 11 is 0. The minimum Gasteiger partial charge on any atom is -0.354 e. The minimum atomic E-state index is -0.182. The van der Waals surface area contributed by atoms with Gasteiger partial charge in [0.15, 0.2) is 0 Å². The van der Waals surface area contributed by atoms with Gasteiger partial charge in [-0.2, -0.15) is 0 Å². The quantitative estimate of drug-likeness (QED) is 0.661. The van der Waals surface area contributed by atoms with Crippen molar-refractivity contribution in [1.29, 1.82) is 0 Å². The monoisotopic (exact) mass is 362 g/mol. The molecule has 1 aliphatic rings. The smallest absolute Gasteiger partial charge is 0.252 e. The van der Waals surface area contributed by atoms with E-state index >= 15 is 0 Å². The van der Waals surface area contributed by atoms with E-state index in [9.17, 15) is 9.59 Å². The first-order valence-electron chi connectivity index (χ1n) is 7.38. The largest absolute Gasteiger partial charge is 0.354 e. The SMILES string of the molecule is Cl.Cl.NC[C@H]1CCC[C@H]1C(=O)NCCNC(=O)c1cccnc1. The summed E-state index contributed by atoms with van der Waals surface area (Å²) in [6.07, 6.45) is 6.14. The van der Waals surface area contributed by atoms with E-state index < -0.39 is 0 Å². The first-order chi connectivity index (χ1) is 10.2. The third-order valence-corrected chi connectivity index (χ3v) is 3.93. The Morgan fingerprint density at radius 1 is 1.22 bits per heavy atom. The summed E-state index contributed by atoms with van der Waals surface area (Å²) in [6, 6.07) is 3.41. The summed E-state index contributed by atoms with van der Waals surface area (Å²) in [6.45, 7) is 1.40. The van der Waals surface area contributed by atoms with Crippen molar-refractivity contribution in [2.75, 3.05) is 19.6 Å². The van der Waals surface area contributed by atoms with Crippen LogP contribution in [0, 0.1) is 11.8 Å². The molecule has 0 aliphatic heterocycles. The highest BCUT2D eigenvalue weighted by molar-refractivity contribution is 5.93. The van der Waals surface area contributed by atoms with Gasteiger partial charge in [-0.3, -0.25) is 14.6 Å². The predicted octanol–water partition coefficient (Wildman–Crippen LogP) is 1.15. The fourth-order valence-electron chi connectivity index (χ4n) is 2.76. The lowest BCUT2D eigenvalue weighted by Crippen LogP contribution is -2.39. The van der Waals surface area contributed by atoms with E-state index in [1.807, 2.05) is 0 Å². The molecule has 4 N–H and O–H groups in total. The normalized spacial score (nSPS) is 19.2. The number of hydrogen-bond acceptors (Lipinski definition) is 4. The number of aromatic nitrogens is 1. The standard InChI is InChI=1S/C15H22N4O2.2ClH/c16-9-11-3-1-5-13(11)15(21)19-8-7-18-14(20)12-4-2-6-17-10-12;;/h2,4,6,10-11,13H,1,3,5,7-9,16H2,(H,18,20)(H,19,21);2*1H/t11-,13-;;/m1../s1. The van der Waals surface area contributed by atoms with Gasteiger partial charge < -0.3 is 16.4 Å². The molecule has 2 amide bonds. The van der Waals surface area contributed by atoms with E-state index in [-0.39, 0.29) is 42.5 Å². The molecular formula is C15H24Cl2N4O2. The van der Waals surface area contributed by atoms with Gasteiger partial charge in [0.05, 0.1) is 5.56 Å². The van der Waals surface area contributed by atoms with Crippen molar-refractivity contribution in [2.45, 2.75) is 19.3 Å². The highest BCUT2D eigenvalue weighted by Crippen LogP contribution is 2.30. The van der Waals surface area contributed by atoms with E-state index in [1.165, 1.54) is 6.20 Å². The molecule has 0 radical (unpaired) electrons. The maximum Gasteiger partial charge on any atom is 0.252 e. The molecule has 1 aromatic heterocycles. The molecule has 6 nitrogen and oxygen atoms in total. The molecule has 0 spiro atoms. The van der Waals surface area contributed by atoms with Crippen molar-refractivity contribution >= 4 is 36.6 Å². The Morgan fingerprint density at radius 2 is 1.96 bits per heavy atom. The van der Waals surface area contributed by atoms with E-state index in [1.54, 1.807) is 18.3 Å². The molecule has 0 aromatic carbocycles. The van der Waals surface area contributed by atoms with Gasteiger partial charge >= 0.3 is 0 Å². The Kier molecular flexibility index (Phi) is 10.5. The molecule has 1 heterocycles. The van der Waals surface area contributed by atoms with Crippen LogP contribution in [0.5, 0.6) is 0 Å². The second-order valence-electron chi connectivity index (χ2n) is 5.32. The molecule has 0 unspecified atom stereocenters. The predicted molar refractivity (Wildman–Crippen MR) is 94.0 cm³/mol. The number of nitrogens with zero attached hydrogens (tertiary/aromatic N) is 1. The van der Waals surface area contributed by atoms with Gasteiger partial charge in [0.1, 0.15) is 0 Å². The topological polar surface area (TPSA) is 97.1 Å². The van der Waals surface area contributed by atoms with Crippen LogP contribution in [-0.4, -0.2) is 36.4 Å². The van der Waals surface area contributed by atoms with Crippen molar-refractivity contribution in [1.82, 2.24) is 15.6 Å². The lowest BCUT2D eigenvalue weighted by Gasteiger charge is -2.17. The first kappa shape index (κ1) is 21.6. The molecule has 2 atom stereocenters. The van der Waals surface area contributed by atoms with Crippen molar-refractivity contribution in [3.63, 3.8) is 0 Å². The van der Waals surface area contributed by atoms with Crippen molar-refractivity contribution in [3.05, 3.63) is 30.1 Å². The molecular weight excluding hydrogens is 339 g/mol. The third kappa shape index (κ3) is 6.33. The number of pyridine rings is 1. The maximum absolute atomic E-state index is 12.0. The van der Waals surface area contributed by atoms with E-state index in [0.29, 0.717) is 31.1 Å². The lowest BCUT2D eigenvalue weighted by molar-refractivity contribution is -0.125. The summed E-state index contributed by atoms with van der Waals surface area (Å²) < 4.78 is 0. The first-order valence-corrected chi connectivity index (χ1v) is 7.38. The zero-order valence-corrected chi connectivity index (χ0v) is 14.5. The Labute approximate surface area is 148 Å². The van der Waals surface area contributed by atoms with Crippen LogP contribution >= 0.6 is 24.8 Å². The van der Waals surface area contributed by atoms with Gasteiger partial charge in [-0.25, -0.2) is 0 Å². The van der Waals surface area contributed by atoms with Crippen LogP contribution in [-0.2, 0) is 4.79 Å². The van der Waals surface area contributed by atoms with Gasteiger partial charge in [0.25, 0.3) is 5.91 Å².